The van der Waals surface area contributed by atoms with E-state index in [1.54, 1.807) is 26.8 Å². The SMILES string of the molecule is Cc1cc(-c2ccc3[nH]ccc3c2)c(C)cc1C=C(NC(=O)OC(C)(C)C)C(=O)NC(C)C. The number of benzene rings is 2. The number of aromatic amines is 1. The van der Waals surface area contributed by atoms with Gasteiger partial charge in [0.1, 0.15) is 11.3 Å². The number of rotatable bonds is 5. The van der Waals surface area contributed by atoms with Crippen LogP contribution in [0, 0.1) is 13.8 Å². The number of hydrogen-bond acceptors (Lipinski definition) is 3. The highest BCUT2D eigenvalue weighted by atomic mass is 16.6. The van der Waals surface area contributed by atoms with E-state index in [9.17, 15) is 9.59 Å². The third-order valence-electron chi connectivity index (χ3n) is 5.08. The van der Waals surface area contributed by atoms with Gasteiger partial charge in [0.25, 0.3) is 5.91 Å². The lowest BCUT2D eigenvalue weighted by molar-refractivity contribution is -0.118. The second-order valence-corrected chi connectivity index (χ2v) is 9.62. The van der Waals surface area contributed by atoms with Gasteiger partial charge in [-0.1, -0.05) is 18.2 Å². The van der Waals surface area contributed by atoms with Crippen LogP contribution in [-0.4, -0.2) is 28.6 Å². The van der Waals surface area contributed by atoms with Gasteiger partial charge < -0.3 is 15.0 Å². The molecule has 0 aliphatic carbocycles. The van der Waals surface area contributed by atoms with Crippen LogP contribution in [-0.2, 0) is 9.53 Å². The van der Waals surface area contributed by atoms with Crippen molar-refractivity contribution in [1.82, 2.24) is 15.6 Å². The number of amides is 2. The van der Waals surface area contributed by atoms with Crippen molar-refractivity contribution >= 4 is 29.0 Å². The van der Waals surface area contributed by atoms with Gasteiger partial charge in [-0.2, -0.15) is 0 Å². The molecule has 2 aromatic carbocycles. The Morgan fingerprint density at radius 3 is 2.42 bits per heavy atom. The molecule has 3 rings (SSSR count). The Kier molecular flexibility index (Phi) is 6.96. The van der Waals surface area contributed by atoms with Crippen LogP contribution in [0.15, 0.2) is 48.3 Å². The fraction of sp³-hybridized carbons (Fsp3) is 0.333. The lowest BCUT2D eigenvalue weighted by Gasteiger charge is -2.21. The first-order valence-electron chi connectivity index (χ1n) is 11.1. The molecule has 0 spiro atoms. The summed E-state index contributed by atoms with van der Waals surface area (Å²) in [5.74, 6) is -0.366. The molecule has 3 N–H and O–H groups in total. The number of nitrogens with one attached hydrogen (secondary N) is 3. The van der Waals surface area contributed by atoms with Crippen LogP contribution in [0.5, 0.6) is 0 Å². The molecule has 0 aliphatic rings. The Labute approximate surface area is 195 Å². The van der Waals surface area contributed by atoms with E-state index >= 15 is 0 Å². The summed E-state index contributed by atoms with van der Waals surface area (Å²) in [6.45, 7) is 13.1. The molecule has 0 saturated carbocycles. The number of carbonyl (C=O) groups excluding carboxylic acids is 2. The zero-order valence-electron chi connectivity index (χ0n) is 20.4. The van der Waals surface area contributed by atoms with Crippen LogP contribution in [0.25, 0.3) is 28.1 Å². The predicted molar refractivity (Wildman–Crippen MR) is 134 cm³/mol. The van der Waals surface area contributed by atoms with Crippen LogP contribution >= 0.6 is 0 Å². The van der Waals surface area contributed by atoms with Crippen molar-refractivity contribution in [3.05, 3.63) is 65.0 Å². The van der Waals surface area contributed by atoms with Crippen molar-refractivity contribution in [3.8, 4) is 11.1 Å². The molecule has 1 heterocycles. The van der Waals surface area contributed by atoms with Crippen LogP contribution in [0.4, 0.5) is 4.79 Å². The van der Waals surface area contributed by atoms with E-state index in [4.69, 9.17) is 4.74 Å². The summed E-state index contributed by atoms with van der Waals surface area (Å²) in [6, 6.07) is 12.5. The fourth-order valence-electron chi connectivity index (χ4n) is 3.59. The van der Waals surface area contributed by atoms with E-state index in [0.717, 1.165) is 38.7 Å². The van der Waals surface area contributed by atoms with E-state index in [-0.39, 0.29) is 17.6 Å². The maximum Gasteiger partial charge on any atom is 0.412 e. The van der Waals surface area contributed by atoms with E-state index in [1.807, 2.05) is 40.0 Å². The maximum absolute atomic E-state index is 12.8. The third-order valence-corrected chi connectivity index (χ3v) is 5.08. The highest BCUT2D eigenvalue weighted by Gasteiger charge is 2.20. The molecule has 2 amide bonds. The second kappa shape index (κ2) is 9.53. The second-order valence-electron chi connectivity index (χ2n) is 9.62. The van der Waals surface area contributed by atoms with Crippen molar-refractivity contribution in [2.45, 2.75) is 60.1 Å². The van der Waals surface area contributed by atoms with Crippen LogP contribution in [0.3, 0.4) is 0 Å². The van der Waals surface area contributed by atoms with Gasteiger partial charge in [-0.15, -0.1) is 0 Å². The van der Waals surface area contributed by atoms with Gasteiger partial charge in [-0.3, -0.25) is 10.1 Å². The summed E-state index contributed by atoms with van der Waals surface area (Å²) in [4.78, 5) is 28.4. The fourth-order valence-corrected chi connectivity index (χ4v) is 3.59. The van der Waals surface area contributed by atoms with Gasteiger partial charge >= 0.3 is 6.09 Å². The van der Waals surface area contributed by atoms with Crippen molar-refractivity contribution in [2.75, 3.05) is 0 Å². The molecular weight excluding hydrogens is 414 g/mol. The van der Waals surface area contributed by atoms with Crippen molar-refractivity contribution in [2.24, 2.45) is 0 Å². The minimum atomic E-state index is -0.668. The largest absolute Gasteiger partial charge is 0.444 e. The van der Waals surface area contributed by atoms with E-state index < -0.39 is 11.7 Å². The normalized spacial score (nSPS) is 12.2. The lowest BCUT2D eigenvalue weighted by atomic mass is 9.94. The number of ether oxygens (including phenoxy) is 1. The Bertz CT molecular complexity index is 1210. The number of aryl methyl sites for hydroxylation is 2. The number of hydrogen-bond donors (Lipinski definition) is 3. The Morgan fingerprint density at radius 1 is 1.03 bits per heavy atom. The number of alkyl carbamates (subject to hydrolysis) is 1. The van der Waals surface area contributed by atoms with Gasteiger partial charge in [0.2, 0.25) is 0 Å². The summed E-state index contributed by atoms with van der Waals surface area (Å²) in [5.41, 5.74) is 5.74. The van der Waals surface area contributed by atoms with Crippen molar-refractivity contribution < 1.29 is 14.3 Å². The van der Waals surface area contributed by atoms with E-state index in [0.29, 0.717) is 0 Å². The molecular formula is C27H33N3O3. The summed E-state index contributed by atoms with van der Waals surface area (Å²) in [5, 5.41) is 6.61. The molecule has 174 valence electrons. The smallest absolute Gasteiger partial charge is 0.412 e. The van der Waals surface area contributed by atoms with Crippen molar-refractivity contribution in [1.29, 1.82) is 0 Å². The van der Waals surface area contributed by atoms with Crippen LogP contribution in [0.1, 0.15) is 51.3 Å². The monoisotopic (exact) mass is 447 g/mol. The molecule has 0 aliphatic heterocycles. The topological polar surface area (TPSA) is 83.2 Å². The van der Waals surface area contributed by atoms with Gasteiger partial charge in [-0.05, 0) is 106 Å². The molecule has 6 nitrogen and oxygen atoms in total. The van der Waals surface area contributed by atoms with E-state index in [2.05, 4.69) is 45.9 Å². The van der Waals surface area contributed by atoms with Gasteiger partial charge in [0, 0.05) is 17.8 Å². The minimum absolute atomic E-state index is 0.0742. The number of carbonyl (C=O) groups is 2. The molecule has 0 saturated heterocycles. The average molecular weight is 448 g/mol. The first kappa shape index (κ1) is 24.1. The van der Waals surface area contributed by atoms with Gasteiger partial charge in [0.05, 0.1) is 0 Å². The Hall–Kier alpha value is -3.54. The summed E-state index contributed by atoms with van der Waals surface area (Å²) >= 11 is 0. The highest BCUT2D eigenvalue weighted by molar-refractivity contribution is 6.00. The highest BCUT2D eigenvalue weighted by Crippen LogP contribution is 2.30. The molecule has 0 fully saturated rings. The molecule has 0 atom stereocenters. The predicted octanol–water partition coefficient (Wildman–Crippen LogP) is 5.84. The van der Waals surface area contributed by atoms with Gasteiger partial charge in [0.15, 0.2) is 0 Å². The zero-order chi connectivity index (χ0) is 24.3. The molecule has 0 radical (unpaired) electrons. The molecule has 0 bridgehead atoms. The molecule has 1 aromatic heterocycles. The summed E-state index contributed by atoms with van der Waals surface area (Å²) in [7, 11) is 0. The minimum Gasteiger partial charge on any atom is -0.444 e. The van der Waals surface area contributed by atoms with Crippen molar-refractivity contribution in [3.63, 3.8) is 0 Å². The first-order chi connectivity index (χ1) is 15.4. The van der Waals surface area contributed by atoms with Gasteiger partial charge in [-0.25, -0.2) is 4.79 Å². The number of H-pyrrole nitrogens is 1. The maximum atomic E-state index is 12.8. The third kappa shape index (κ3) is 6.25. The molecule has 0 unspecified atom stereocenters. The molecule has 33 heavy (non-hydrogen) atoms. The van der Waals surface area contributed by atoms with Crippen LogP contribution < -0.4 is 10.6 Å². The van der Waals surface area contributed by atoms with E-state index in [1.165, 1.54) is 0 Å². The summed E-state index contributed by atoms with van der Waals surface area (Å²) < 4.78 is 5.35. The quantitative estimate of drug-likeness (QED) is 0.430. The Balaban J connectivity index is 1.97. The zero-order valence-corrected chi connectivity index (χ0v) is 20.4. The average Bonchev–Trinajstić information content (AvgIpc) is 3.15. The van der Waals surface area contributed by atoms with Crippen LogP contribution in [0.2, 0.25) is 0 Å². The Morgan fingerprint density at radius 2 is 1.76 bits per heavy atom. The molecule has 3 aromatic rings. The molecule has 6 heteroatoms. The summed E-state index contributed by atoms with van der Waals surface area (Å²) in [6.07, 6.45) is 2.96. The number of aromatic nitrogens is 1. The standard InChI is InChI=1S/C27H33N3O3/c1-16(2)29-25(31)24(30-26(32)33-27(5,6)7)15-21-12-18(4)22(13-17(21)3)19-8-9-23-20(14-19)10-11-28-23/h8-16,28H,1-7H3,(H,29,31)(H,30,32). The lowest BCUT2D eigenvalue weighted by Crippen LogP contribution is -2.40. The first-order valence-corrected chi connectivity index (χ1v) is 11.1. The number of fused-ring (bicyclic) bond motifs is 1.